The Bertz CT molecular complexity index is 746. The third-order valence-corrected chi connectivity index (χ3v) is 5.92. The maximum Gasteiger partial charge on any atom is 0.233 e. The maximum absolute atomic E-state index is 12.4. The predicted octanol–water partition coefficient (Wildman–Crippen LogP) is 3.12. The second kappa shape index (κ2) is 8.50. The number of amides is 1. The van der Waals surface area contributed by atoms with E-state index in [1.807, 2.05) is 13.0 Å². The largest absolute Gasteiger partial charge is 0.341 e. The molecule has 1 aliphatic rings. The van der Waals surface area contributed by atoms with E-state index in [4.69, 9.17) is 5.26 Å². The number of aromatic nitrogens is 3. The van der Waals surface area contributed by atoms with Gasteiger partial charge in [-0.1, -0.05) is 17.8 Å². The summed E-state index contributed by atoms with van der Waals surface area (Å²) in [6.45, 7) is 3.05. The molecule has 0 aliphatic heterocycles. The van der Waals surface area contributed by atoms with E-state index >= 15 is 0 Å². The molecule has 2 aromatic heterocycles. The Balaban J connectivity index is 1.65. The first-order valence-electron chi connectivity index (χ1n) is 8.46. The lowest BCUT2D eigenvalue weighted by atomic mass is 10.3. The van der Waals surface area contributed by atoms with Crippen molar-refractivity contribution in [3.05, 3.63) is 28.2 Å². The molecule has 6 nitrogen and oxygen atoms in total. The maximum atomic E-state index is 12.4. The second-order valence-electron chi connectivity index (χ2n) is 5.93. The van der Waals surface area contributed by atoms with Gasteiger partial charge in [0.2, 0.25) is 5.91 Å². The smallest absolute Gasteiger partial charge is 0.233 e. The summed E-state index contributed by atoms with van der Waals surface area (Å²) in [6.07, 6.45) is 3.47. The van der Waals surface area contributed by atoms with E-state index < -0.39 is 0 Å². The standard InChI is InChI=1S/C17H21N5OS2/c1-2-21(9-4-8-18)16(23)12-25-17-20-19-15(22(17)13-6-7-13)11-14-5-3-10-24-14/h3,5,10,13H,2,4,6-7,9,11-12H2,1H3. The Morgan fingerprint density at radius 3 is 3.00 bits per heavy atom. The van der Waals surface area contributed by atoms with Gasteiger partial charge in [0.1, 0.15) is 5.82 Å². The number of hydrogen-bond acceptors (Lipinski definition) is 6. The molecule has 0 aromatic carbocycles. The van der Waals surface area contributed by atoms with Crippen molar-refractivity contribution in [2.75, 3.05) is 18.8 Å². The van der Waals surface area contributed by atoms with Crippen LogP contribution in [0.5, 0.6) is 0 Å². The highest BCUT2D eigenvalue weighted by Crippen LogP contribution is 2.39. The van der Waals surface area contributed by atoms with E-state index in [0.717, 1.165) is 30.2 Å². The first-order chi connectivity index (χ1) is 12.2. The van der Waals surface area contributed by atoms with Gasteiger partial charge in [0.15, 0.2) is 5.16 Å². The fourth-order valence-corrected chi connectivity index (χ4v) is 4.29. The highest BCUT2D eigenvalue weighted by atomic mass is 32.2. The van der Waals surface area contributed by atoms with Crippen LogP contribution in [-0.2, 0) is 11.2 Å². The molecular formula is C17H21N5OS2. The van der Waals surface area contributed by atoms with Crippen molar-refractivity contribution < 1.29 is 4.79 Å². The summed E-state index contributed by atoms with van der Waals surface area (Å²) in [5.74, 6) is 1.37. The second-order valence-corrected chi connectivity index (χ2v) is 7.90. The number of hydrogen-bond donors (Lipinski definition) is 0. The van der Waals surface area contributed by atoms with Gasteiger partial charge in [-0.3, -0.25) is 4.79 Å². The zero-order valence-electron chi connectivity index (χ0n) is 14.2. The van der Waals surface area contributed by atoms with Gasteiger partial charge >= 0.3 is 0 Å². The SMILES string of the molecule is CCN(CCC#N)C(=O)CSc1nnc(Cc2cccs2)n1C1CC1. The summed E-state index contributed by atoms with van der Waals surface area (Å²) in [5.41, 5.74) is 0. The highest BCUT2D eigenvalue weighted by molar-refractivity contribution is 7.99. The summed E-state index contributed by atoms with van der Waals surface area (Å²) in [7, 11) is 0. The summed E-state index contributed by atoms with van der Waals surface area (Å²) in [4.78, 5) is 15.3. The minimum atomic E-state index is 0.0490. The molecule has 0 unspecified atom stereocenters. The van der Waals surface area contributed by atoms with Crippen LogP contribution < -0.4 is 0 Å². The Morgan fingerprint density at radius 1 is 1.52 bits per heavy atom. The first-order valence-corrected chi connectivity index (χ1v) is 10.3. The van der Waals surface area contributed by atoms with Crippen molar-refractivity contribution in [3.8, 4) is 6.07 Å². The Kier molecular flexibility index (Phi) is 6.10. The van der Waals surface area contributed by atoms with E-state index in [-0.39, 0.29) is 5.91 Å². The van der Waals surface area contributed by atoms with Crippen LogP contribution in [0.1, 0.15) is 42.9 Å². The number of nitrogens with zero attached hydrogens (tertiary/aromatic N) is 5. The van der Waals surface area contributed by atoms with Crippen molar-refractivity contribution in [2.45, 2.75) is 43.8 Å². The zero-order valence-corrected chi connectivity index (χ0v) is 15.9. The molecule has 0 saturated heterocycles. The zero-order chi connectivity index (χ0) is 17.6. The molecule has 0 spiro atoms. The van der Waals surface area contributed by atoms with Crippen molar-refractivity contribution in [1.82, 2.24) is 19.7 Å². The monoisotopic (exact) mass is 375 g/mol. The minimum Gasteiger partial charge on any atom is -0.341 e. The molecule has 1 amide bonds. The Labute approximate surface area is 155 Å². The van der Waals surface area contributed by atoms with Gasteiger partial charge in [0.05, 0.1) is 18.2 Å². The third-order valence-electron chi connectivity index (χ3n) is 4.11. The van der Waals surface area contributed by atoms with Gasteiger partial charge in [-0.2, -0.15) is 5.26 Å². The lowest BCUT2D eigenvalue weighted by Gasteiger charge is -2.19. The lowest BCUT2D eigenvalue weighted by molar-refractivity contribution is -0.128. The molecule has 0 N–H and O–H groups in total. The number of carbonyl (C=O) groups is 1. The van der Waals surface area contributed by atoms with Crippen LogP contribution in [0.3, 0.4) is 0 Å². The fourth-order valence-electron chi connectivity index (χ4n) is 2.66. The fraction of sp³-hybridized carbons (Fsp3) is 0.529. The van der Waals surface area contributed by atoms with Crippen molar-refractivity contribution in [1.29, 1.82) is 5.26 Å². The molecule has 1 saturated carbocycles. The van der Waals surface area contributed by atoms with E-state index in [9.17, 15) is 4.79 Å². The van der Waals surface area contributed by atoms with Gasteiger partial charge in [0, 0.05) is 30.4 Å². The number of carbonyl (C=O) groups excluding carboxylic acids is 1. The molecule has 0 atom stereocenters. The lowest BCUT2D eigenvalue weighted by Crippen LogP contribution is -2.33. The normalized spacial score (nSPS) is 13.6. The van der Waals surface area contributed by atoms with Gasteiger partial charge in [0.25, 0.3) is 0 Å². The molecule has 1 aliphatic carbocycles. The summed E-state index contributed by atoms with van der Waals surface area (Å²) in [6, 6.07) is 6.73. The van der Waals surface area contributed by atoms with Crippen LogP contribution in [0.15, 0.2) is 22.7 Å². The number of thiophene rings is 1. The van der Waals surface area contributed by atoms with Crippen molar-refractivity contribution in [3.63, 3.8) is 0 Å². The van der Waals surface area contributed by atoms with Crippen LogP contribution in [0.2, 0.25) is 0 Å². The number of nitriles is 1. The van der Waals surface area contributed by atoms with Crippen LogP contribution in [0.25, 0.3) is 0 Å². The summed E-state index contributed by atoms with van der Waals surface area (Å²) < 4.78 is 2.21. The molecule has 0 bridgehead atoms. The quantitative estimate of drug-likeness (QED) is 0.630. The molecule has 25 heavy (non-hydrogen) atoms. The van der Waals surface area contributed by atoms with Gasteiger partial charge in [-0.05, 0) is 31.2 Å². The van der Waals surface area contributed by atoms with E-state index in [1.54, 1.807) is 16.2 Å². The minimum absolute atomic E-state index is 0.0490. The molecule has 2 heterocycles. The molecule has 2 aromatic rings. The van der Waals surface area contributed by atoms with Crippen molar-refractivity contribution in [2.24, 2.45) is 0 Å². The molecule has 0 radical (unpaired) electrons. The summed E-state index contributed by atoms with van der Waals surface area (Å²) >= 11 is 3.18. The topological polar surface area (TPSA) is 74.8 Å². The Morgan fingerprint density at radius 2 is 2.36 bits per heavy atom. The highest BCUT2D eigenvalue weighted by Gasteiger charge is 2.30. The average Bonchev–Trinajstić information content (AvgIpc) is 3.17. The van der Waals surface area contributed by atoms with E-state index in [2.05, 4.69) is 32.3 Å². The first kappa shape index (κ1) is 18.0. The van der Waals surface area contributed by atoms with E-state index in [1.165, 1.54) is 16.6 Å². The summed E-state index contributed by atoms with van der Waals surface area (Å²) in [5, 5.41) is 20.3. The van der Waals surface area contributed by atoms with Gasteiger partial charge in [-0.15, -0.1) is 21.5 Å². The molecule has 132 valence electrons. The van der Waals surface area contributed by atoms with Crippen LogP contribution in [-0.4, -0.2) is 44.4 Å². The predicted molar refractivity (Wildman–Crippen MR) is 98.6 cm³/mol. The molecule has 3 rings (SSSR count). The van der Waals surface area contributed by atoms with Crippen LogP contribution >= 0.6 is 23.1 Å². The van der Waals surface area contributed by atoms with Crippen LogP contribution in [0.4, 0.5) is 0 Å². The van der Waals surface area contributed by atoms with Crippen LogP contribution in [0, 0.1) is 11.3 Å². The third kappa shape index (κ3) is 4.61. The molecule has 8 heteroatoms. The van der Waals surface area contributed by atoms with Gasteiger partial charge in [-0.25, -0.2) is 0 Å². The molecular weight excluding hydrogens is 354 g/mol. The molecule has 1 fully saturated rings. The van der Waals surface area contributed by atoms with E-state index in [0.29, 0.717) is 31.3 Å². The van der Waals surface area contributed by atoms with Gasteiger partial charge < -0.3 is 9.47 Å². The number of rotatable bonds is 9. The average molecular weight is 376 g/mol. The number of thioether (sulfide) groups is 1. The van der Waals surface area contributed by atoms with Crippen molar-refractivity contribution >= 4 is 29.0 Å². The Hall–Kier alpha value is -1.85.